The molecule has 1 saturated carbocycles. The quantitative estimate of drug-likeness (QED) is 0.299. The zero-order chi connectivity index (χ0) is 14.3. The van der Waals surface area contributed by atoms with Crippen molar-refractivity contribution in [2.75, 3.05) is 0 Å². The molecule has 1 atom stereocenters. The number of oxime groups is 1. The fourth-order valence-corrected chi connectivity index (χ4v) is 2.90. The first kappa shape index (κ1) is 15.8. The van der Waals surface area contributed by atoms with Crippen LogP contribution < -0.4 is 11.1 Å². The van der Waals surface area contributed by atoms with Crippen LogP contribution in [0.4, 0.5) is 0 Å². The van der Waals surface area contributed by atoms with Gasteiger partial charge in [-0.15, -0.1) is 0 Å². The third-order valence-corrected chi connectivity index (χ3v) is 4.20. The van der Waals surface area contributed by atoms with Gasteiger partial charge in [0.1, 0.15) is 5.41 Å². The zero-order valence-corrected chi connectivity index (χ0v) is 12.1. The van der Waals surface area contributed by atoms with E-state index in [0.29, 0.717) is 12.8 Å². The second-order valence-electron chi connectivity index (χ2n) is 5.50. The Morgan fingerprint density at radius 1 is 1.37 bits per heavy atom. The molecular weight excluding hydrogens is 242 g/mol. The highest BCUT2D eigenvalue weighted by Crippen LogP contribution is 2.37. The molecule has 1 unspecified atom stereocenters. The van der Waals surface area contributed by atoms with Gasteiger partial charge in [-0.25, -0.2) is 0 Å². The van der Waals surface area contributed by atoms with Crippen molar-refractivity contribution in [3.05, 3.63) is 0 Å². The van der Waals surface area contributed by atoms with Crippen LogP contribution in [0.5, 0.6) is 0 Å². The van der Waals surface area contributed by atoms with E-state index in [9.17, 15) is 4.79 Å². The van der Waals surface area contributed by atoms with E-state index in [1.165, 1.54) is 0 Å². The third-order valence-electron chi connectivity index (χ3n) is 4.20. The summed E-state index contributed by atoms with van der Waals surface area (Å²) in [5, 5.41) is 15.2. The fraction of sp³-hybridized carbons (Fsp3) is 0.857. The maximum Gasteiger partial charge on any atom is 0.234 e. The summed E-state index contributed by atoms with van der Waals surface area (Å²) in [6.07, 6.45) is 7.28. The molecule has 5 nitrogen and oxygen atoms in total. The number of carbonyl (C=O) groups excluding carboxylic acids is 1. The molecular formula is C14H27N3O2. The molecule has 0 spiro atoms. The van der Waals surface area contributed by atoms with Gasteiger partial charge in [0.05, 0.1) is 0 Å². The van der Waals surface area contributed by atoms with E-state index in [4.69, 9.17) is 10.9 Å². The van der Waals surface area contributed by atoms with E-state index in [1.807, 2.05) is 0 Å². The van der Waals surface area contributed by atoms with Crippen LogP contribution in [0.15, 0.2) is 5.16 Å². The molecule has 0 saturated heterocycles. The van der Waals surface area contributed by atoms with Gasteiger partial charge in [-0.3, -0.25) is 4.79 Å². The van der Waals surface area contributed by atoms with Crippen LogP contribution in [0.2, 0.25) is 0 Å². The number of hydrogen-bond donors (Lipinski definition) is 3. The lowest BCUT2D eigenvalue weighted by molar-refractivity contribution is -0.129. The molecule has 0 heterocycles. The highest BCUT2D eigenvalue weighted by atomic mass is 16.4. The predicted octanol–water partition coefficient (Wildman–Crippen LogP) is 2.38. The summed E-state index contributed by atoms with van der Waals surface area (Å²) in [7, 11) is 0. The summed E-state index contributed by atoms with van der Waals surface area (Å²) < 4.78 is 0. The van der Waals surface area contributed by atoms with Gasteiger partial charge in [0.25, 0.3) is 0 Å². The molecule has 4 N–H and O–H groups in total. The van der Waals surface area contributed by atoms with Gasteiger partial charge in [0, 0.05) is 6.04 Å². The highest BCUT2D eigenvalue weighted by molar-refractivity contribution is 6.06. The Bertz CT molecular complexity index is 323. The monoisotopic (exact) mass is 269 g/mol. The van der Waals surface area contributed by atoms with E-state index >= 15 is 0 Å². The molecule has 110 valence electrons. The van der Waals surface area contributed by atoms with Crippen molar-refractivity contribution in [2.45, 2.75) is 71.3 Å². The van der Waals surface area contributed by atoms with Crippen LogP contribution in [-0.2, 0) is 4.79 Å². The van der Waals surface area contributed by atoms with Crippen LogP contribution in [0.25, 0.3) is 0 Å². The first-order valence-corrected chi connectivity index (χ1v) is 7.39. The van der Waals surface area contributed by atoms with Crippen LogP contribution in [0, 0.1) is 5.41 Å². The minimum absolute atomic E-state index is 0.0658. The highest BCUT2D eigenvalue weighted by Gasteiger charge is 2.44. The zero-order valence-electron chi connectivity index (χ0n) is 12.1. The normalized spacial score (nSPS) is 20.8. The lowest BCUT2D eigenvalue weighted by Crippen LogP contribution is -2.53. The SMILES string of the molecule is CCCC(CC)NC(=O)C1(/C(N)=N/O)CCCCC1. The molecule has 0 aromatic heterocycles. The van der Waals surface area contributed by atoms with Crippen molar-refractivity contribution in [2.24, 2.45) is 16.3 Å². The molecule has 0 radical (unpaired) electrons. The van der Waals surface area contributed by atoms with Crippen molar-refractivity contribution in [1.82, 2.24) is 5.32 Å². The number of carbonyl (C=O) groups is 1. The molecule has 0 aliphatic heterocycles. The van der Waals surface area contributed by atoms with E-state index in [2.05, 4.69) is 24.3 Å². The summed E-state index contributed by atoms with van der Waals surface area (Å²) in [6.45, 7) is 4.17. The molecule has 0 bridgehead atoms. The minimum Gasteiger partial charge on any atom is -0.409 e. The summed E-state index contributed by atoms with van der Waals surface area (Å²) >= 11 is 0. The number of nitrogens with two attached hydrogens (primary N) is 1. The topological polar surface area (TPSA) is 87.7 Å². The average molecular weight is 269 g/mol. The van der Waals surface area contributed by atoms with Gasteiger partial charge in [-0.2, -0.15) is 0 Å². The molecule has 5 heteroatoms. The van der Waals surface area contributed by atoms with Crippen LogP contribution in [0.3, 0.4) is 0 Å². The van der Waals surface area contributed by atoms with Crippen molar-refractivity contribution in [3.8, 4) is 0 Å². The second-order valence-corrected chi connectivity index (χ2v) is 5.50. The number of nitrogens with zero attached hydrogens (tertiary/aromatic N) is 1. The lowest BCUT2D eigenvalue weighted by Gasteiger charge is -2.35. The first-order chi connectivity index (χ1) is 9.10. The Kier molecular flexibility index (Phi) is 6.12. The summed E-state index contributed by atoms with van der Waals surface area (Å²) in [5.41, 5.74) is 5.02. The molecule has 1 amide bonds. The average Bonchev–Trinajstić information content (AvgIpc) is 2.46. The Hall–Kier alpha value is -1.26. The Labute approximate surface area is 115 Å². The lowest BCUT2D eigenvalue weighted by atomic mass is 9.72. The molecule has 19 heavy (non-hydrogen) atoms. The standard InChI is InChI=1S/C14H27N3O2/c1-3-8-11(4-2)16-13(18)14(12(15)17-19)9-6-5-7-10-14/h11,19H,3-10H2,1-2H3,(H2,15,17)(H,16,18). The summed E-state index contributed by atoms with van der Waals surface area (Å²) in [6, 6.07) is 0.183. The number of rotatable bonds is 6. The van der Waals surface area contributed by atoms with E-state index < -0.39 is 5.41 Å². The van der Waals surface area contributed by atoms with Crippen molar-refractivity contribution in [3.63, 3.8) is 0 Å². The van der Waals surface area contributed by atoms with Gasteiger partial charge >= 0.3 is 0 Å². The van der Waals surface area contributed by atoms with Crippen LogP contribution in [0.1, 0.15) is 65.2 Å². The van der Waals surface area contributed by atoms with Crippen molar-refractivity contribution in [1.29, 1.82) is 0 Å². The van der Waals surface area contributed by atoms with E-state index in [0.717, 1.165) is 38.5 Å². The summed E-state index contributed by atoms with van der Waals surface area (Å²) in [4.78, 5) is 12.6. The van der Waals surface area contributed by atoms with Crippen LogP contribution >= 0.6 is 0 Å². The largest absolute Gasteiger partial charge is 0.409 e. The maximum absolute atomic E-state index is 12.6. The Balaban J connectivity index is 2.83. The molecule has 1 aliphatic rings. The molecule has 1 rings (SSSR count). The van der Waals surface area contributed by atoms with Gasteiger partial charge < -0.3 is 16.3 Å². The van der Waals surface area contributed by atoms with E-state index in [1.54, 1.807) is 0 Å². The number of hydrogen-bond acceptors (Lipinski definition) is 3. The maximum atomic E-state index is 12.6. The van der Waals surface area contributed by atoms with E-state index in [-0.39, 0.29) is 17.8 Å². The Morgan fingerprint density at radius 2 is 2.00 bits per heavy atom. The van der Waals surface area contributed by atoms with Gasteiger partial charge in [0.2, 0.25) is 5.91 Å². The molecule has 1 aliphatic carbocycles. The number of amides is 1. The number of nitrogens with one attached hydrogen (secondary N) is 1. The fourth-order valence-electron chi connectivity index (χ4n) is 2.90. The predicted molar refractivity (Wildman–Crippen MR) is 76.1 cm³/mol. The summed E-state index contributed by atoms with van der Waals surface area (Å²) in [5.74, 6) is -0.00106. The third kappa shape index (κ3) is 3.61. The molecule has 0 aromatic carbocycles. The Morgan fingerprint density at radius 3 is 2.47 bits per heavy atom. The number of amidine groups is 1. The van der Waals surface area contributed by atoms with Gasteiger partial charge in [-0.05, 0) is 25.7 Å². The molecule has 0 aromatic rings. The smallest absolute Gasteiger partial charge is 0.234 e. The first-order valence-electron chi connectivity index (χ1n) is 7.39. The van der Waals surface area contributed by atoms with Crippen LogP contribution in [-0.4, -0.2) is 23.0 Å². The van der Waals surface area contributed by atoms with Gasteiger partial charge in [-0.1, -0.05) is 44.7 Å². The minimum atomic E-state index is -0.797. The van der Waals surface area contributed by atoms with Crippen molar-refractivity contribution >= 4 is 11.7 Å². The van der Waals surface area contributed by atoms with Gasteiger partial charge in [0.15, 0.2) is 5.84 Å². The second kappa shape index (κ2) is 7.36. The molecule has 1 fully saturated rings. The van der Waals surface area contributed by atoms with Crippen molar-refractivity contribution < 1.29 is 10.0 Å².